The number of nitrogens with one attached hydrogen (secondary N) is 3. The van der Waals surface area contributed by atoms with Gasteiger partial charge in [-0.05, 0) is 24.6 Å². The number of carbonyl (C=O) groups excluding carboxylic acids is 1. The number of halogens is 1. The van der Waals surface area contributed by atoms with Crippen molar-refractivity contribution in [1.82, 2.24) is 20.6 Å². The molecule has 3 aromatic rings. The lowest BCUT2D eigenvalue weighted by atomic mass is 10.1. The molecule has 0 radical (unpaired) electrons. The summed E-state index contributed by atoms with van der Waals surface area (Å²) in [5.41, 5.74) is 2.56. The van der Waals surface area contributed by atoms with Gasteiger partial charge in [-0.3, -0.25) is 10.1 Å². The lowest BCUT2D eigenvalue weighted by molar-refractivity contribution is -0.124. The van der Waals surface area contributed by atoms with E-state index in [1.807, 2.05) is 48.5 Å². The van der Waals surface area contributed by atoms with E-state index < -0.39 is 6.29 Å². The van der Waals surface area contributed by atoms with Gasteiger partial charge in [0.25, 0.3) is 0 Å². The summed E-state index contributed by atoms with van der Waals surface area (Å²) in [6.45, 7) is 2.11. The summed E-state index contributed by atoms with van der Waals surface area (Å²) < 4.78 is 0. The number of fused-ring (bicyclic) bond motifs is 1. The van der Waals surface area contributed by atoms with Gasteiger partial charge in [-0.15, -0.1) is 0 Å². The van der Waals surface area contributed by atoms with Gasteiger partial charge in [0.2, 0.25) is 11.9 Å². The Bertz CT molecular complexity index is 995. The first-order chi connectivity index (χ1) is 13.6. The Labute approximate surface area is 168 Å². The van der Waals surface area contributed by atoms with Crippen LogP contribution in [0.15, 0.2) is 48.5 Å². The summed E-state index contributed by atoms with van der Waals surface area (Å²) in [6, 6.07) is 15.6. The predicted molar refractivity (Wildman–Crippen MR) is 112 cm³/mol. The van der Waals surface area contributed by atoms with E-state index in [9.17, 15) is 4.79 Å². The minimum atomic E-state index is -0.411. The van der Waals surface area contributed by atoms with Crippen molar-refractivity contribution in [2.45, 2.75) is 38.5 Å². The number of rotatable bonds is 5. The molecule has 7 heteroatoms. The lowest BCUT2D eigenvalue weighted by Gasteiger charge is -2.32. The molecule has 144 valence electrons. The zero-order chi connectivity index (χ0) is 19.5. The molecular formula is C21H22ClN5O. The largest absolute Gasteiger partial charge is 0.323 e. The summed E-state index contributed by atoms with van der Waals surface area (Å²) in [4.78, 5) is 21.4. The highest BCUT2D eigenvalue weighted by molar-refractivity contribution is 6.31. The fourth-order valence-corrected chi connectivity index (χ4v) is 3.67. The molecule has 0 saturated carbocycles. The molecule has 28 heavy (non-hydrogen) atoms. The van der Waals surface area contributed by atoms with Gasteiger partial charge in [-0.2, -0.15) is 0 Å². The average molecular weight is 396 g/mol. The number of aromatic nitrogens is 2. The van der Waals surface area contributed by atoms with Crippen LogP contribution in [0.1, 0.15) is 26.2 Å². The molecule has 4 rings (SSSR count). The van der Waals surface area contributed by atoms with Crippen molar-refractivity contribution in [2.24, 2.45) is 0 Å². The third kappa shape index (κ3) is 4.08. The molecule has 6 nitrogen and oxygen atoms in total. The number of nitrogens with zero attached hydrogens (tertiary/aromatic N) is 2. The van der Waals surface area contributed by atoms with Crippen LogP contribution in [0.5, 0.6) is 0 Å². The second-order valence-electron chi connectivity index (χ2n) is 6.92. The molecule has 0 aliphatic carbocycles. The first-order valence-corrected chi connectivity index (χ1v) is 9.85. The minimum absolute atomic E-state index is 0.0190. The predicted octanol–water partition coefficient (Wildman–Crippen LogP) is 3.92. The Kier molecular flexibility index (Phi) is 5.41. The van der Waals surface area contributed by atoms with Crippen LogP contribution in [-0.2, 0) is 4.79 Å². The number of amides is 1. The van der Waals surface area contributed by atoms with E-state index in [-0.39, 0.29) is 11.9 Å². The average Bonchev–Trinajstić information content (AvgIpc) is 2.68. The molecule has 2 aromatic carbocycles. The van der Waals surface area contributed by atoms with E-state index in [0.29, 0.717) is 17.4 Å². The standard InChI is InChI=1S/C21H22ClN5O/c1-2-6-15-12-18(28)25-20(23-15)27-21-24-17-10-9-14(22)11-16(17)19(26-21)13-7-4-3-5-8-13/h3-5,7-11,15,20,23H,2,6,12H2,1H3,(H,25,28)(H,24,26,27). The molecule has 2 atom stereocenters. The molecule has 0 bridgehead atoms. The van der Waals surface area contributed by atoms with Gasteiger partial charge in [0.05, 0.1) is 11.2 Å². The monoisotopic (exact) mass is 395 g/mol. The van der Waals surface area contributed by atoms with E-state index >= 15 is 0 Å². The van der Waals surface area contributed by atoms with Gasteiger partial charge in [0.1, 0.15) is 0 Å². The Morgan fingerprint density at radius 3 is 2.79 bits per heavy atom. The Balaban J connectivity index is 1.70. The van der Waals surface area contributed by atoms with Crippen LogP contribution < -0.4 is 16.0 Å². The second kappa shape index (κ2) is 8.12. The Morgan fingerprint density at radius 1 is 1.18 bits per heavy atom. The molecular weight excluding hydrogens is 374 g/mol. The normalized spacial score (nSPS) is 19.4. The molecule has 1 fully saturated rings. The topological polar surface area (TPSA) is 78.9 Å². The van der Waals surface area contributed by atoms with Gasteiger partial charge in [-0.25, -0.2) is 9.97 Å². The van der Waals surface area contributed by atoms with Gasteiger partial charge >= 0.3 is 0 Å². The van der Waals surface area contributed by atoms with Crippen LogP contribution in [-0.4, -0.2) is 28.2 Å². The summed E-state index contributed by atoms with van der Waals surface area (Å²) in [6.07, 6.45) is 2.03. The fourth-order valence-electron chi connectivity index (χ4n) is 3.50. The van der Waals surface area contributed by atoms with Crippen LogP contribution in [0.25, 0.3) is 22.2 Å². The first-order valence-electron chi connectivity index (χ1n) is 9.47. The van der Waals surface area contributed by atoms with Crippen LogP contribution >= 0.6 is 11.6 Å². The molecule has 1 aliphatic rings. The Hall–Kier alpha value is -2.70. The quantitative estimate of drug-likeness (QED) is 0.610. The van der Waals surface area contributed by atoms with E-state index in [0.717, 1.165) is 35.0 Å². The molecule has 2 unspecified atom stereocenters. The Morgan fingerprint density at radius 2 is 2.00 bits per heavy atom. The molecule has 3 N–H and O–H groups in total. The number of hydrogen-bond donors (Lipinski definition) is 3. The highest BCUT2D eigenvalue weighted by Crippen LogP contribution is 2.29. The minimum Gasteiger partial charge on any atom is -0.323 e. The smallest absolute Gasteiger partial charge is 0.226 e. The maximum atomic E-state index is 12.0. The fraction of sp³-hybridized carbons (Fsp3) is 0.286. The van der Waals surface area contributed by atoms with Gasteiger partial charge < -0.3 is 10.6 Å². The number of benzene rings is 2. The summed E-state index contributed by atoms with van der Waals surface area (Å²) in [5, 5.41) is 11.1. The first kappa shape index (κ1) is 18.7. The van der Waals surface area contributed by atoms with E-state index in [1.54, 1.807) is 0 Å². The highest BCUT2D eigenvalue weighted by atomic mass is 35.5. The zero-order valence-corrected chi connectivity index (χ0v) is 16.3. The van der Waals surface area contributed by atoms with Crippen molar-refractivity contribution in [3.8, 4) is 11.3 Å². The summed E-state index contributed by atoms with van der Waals surface area (Å²) in [5.74, 6) is 0.467. The van der Waals surface area contributed by atoms with Crippen molar-refractivity contribution in [2.75, 3.05) is 5.32 Å². The van der Waals surface area contributed by atoms with Gasteiger partial charge in [0, 0.05) is 28.4 Å². The van der Waals surface area contributed by atoms with E-state index in [1.165, 1.54) is 0 Å². The second-order valence-corrected chi connectivity index (χ2v) is 7.36. The number of anilines is 1. The third-order valence-electron chi connectivity index (χ3n) is 4.76. The molecule has 2 heterocycles. The molecule has 1 amide bonds. The van der Waals surface area contributed by atoms with Crippen molar-refractivity contribution >= 4 is 34.4 Å². The van der Waals surface area contributed by atoms with E-state index in [4.69, 9.17) is 16.6 Å². The van der Waals surface area contributed by atoms with Crippen LogP contribution in [0, 0.1) is 0 Å². The molecule has 0 spiro atoms. The van der Waals surface area contributed by atoms with Gasteiger partial charge in [-0.1, -0.05) is 55.3 Å². The van der Waals surface area contributed by atoms with Crippen molar-refractivity contribution in [3.63, 3.8) is 0 Å². The zero-order valence-electron chi connectivity index (χ0n) is 15.6. The lowest BCUT2D eigenvalue weighted by Crippen LogP contribution is -2.59. The molecule has 1 saturated heterocycles. The highest BCUT2D eigenvalue weighted by Gasteiger charge is 2.25. The van der Waals surface area contributed by atoms with Crippen LogP contribution in [0.2, 0.25) is 5.02 Å². The third-order valence-corrected chi connectivity index (χ3v) is 4.99. The maximum Gasteiger partial charge on any atom is 0.226 e. The number of carbonyl (C=O) groups is 1. The van der Waals surface area contributed by atoms with Crippen molar-refractivity contribution in [3.05, 3.63) is 53.6 Å². The molecule has 1 aromatic heterocycles. The SMILES string of the molecule is CCCC1CC(=O)NC(Nc2nc(-c3ccccc3)c3cc(Cl)ccc3n2)N1. The van der Waals surface area contributed by atoms with Crippen molar-refractivity contribution in [1.29, 1.82) is 0 Å². The summed E-state index contributed by atoms with van der Waals surface area (Å²) in [7, 11) is 0. The van der Waals surface area contributed by atoms with Gasteiger partial charge in [0.15, 0.2) is 6.29 Å². The summed E-state index contributed by atoms with van der Waals surface area (Å²) >= 11 is 6.21. The van der Waals surface area contributed by atoms with Crippen LogP contribution in [0.3, 0.4) is 0 Å². The van der Waals surface area contributed by atoms with Crippen molar-refractivity contribution < 1.29 is 4.79 Å². The molecule has 1 aliphatic heterocycles. The number of hydrogen-bond acceptors (Lipinski definition) is 5. The maximum absolute atomic E-state index is 12.0. The van der Waals surface area contributed by atoms with Crippen LogP contribution in [0.4, 0.5) is 5.95 Å². The van der Waals surface area contributed by atoms with E-state index in [2.05, 4.69) is 27.9 Å².